The summed E-state index contributed by atoms with van der Waals surface area (Å²) in [5.41, 5.74) is 0.306. The summed E-state index contributed by atoms with van der Waals surface area (Å²) < 4.78 is 24.0. The number of ether oxygens (including phenoxy) is 3. The summed E-state index contributed by atoms with van der Waals surface area (Å²) in [5, 5.41) is 2.82. The highest BCUT2D eigenvalue weighted by Crippen LogP contribution is 2.35. The smallest absolute Gasteiger partial charge is 0.280 e. The number of H-pyrrole nitrogens is 1. The first kappa shape index (κ1) is 17.5. The fraction of sp³-hybridized carbons (Fsp3) is 0.615. The zero-order valence-corrected chi connectivity index (χ0v) is 15.5. The minimum absolute atomic E-state index is 0.231. The molecule has 2 aromatic rings. The Morgan fingerprint density at radius 1 is 1.46 bits per heavy atom. The van der Waals surface area contributed by atoms with E-state index in [1.54, 1.807) is 25.8 Å². The topological polar surface area (TPSA) is 113 Å². The van der Waals surface area contributed by atoms with Crippen LogP contribution < -0.4 is 10.9 Å². The van der Waals surface area contributed by atoms with Gasteiger partial charge in [0.05, 0.1) is 12.9 Å². The normalized spacial score (nSPS) is 27.0. The van der Waals surface area contributed by atoms with Crippen molar-refractivity contribution in [1.29, 1.82) is 0 Å². The fourth-order valence-corrected chi connectivity index (χ4v) is 3.44. The van der Waals surface area contributed by atoms with Crippen molar-refractivity contribution in [3.63, 3.8) is 0 Å². The summed E-state index contributed by atoms with van der Waals surface area (Å²) in [7, 11) is 4.84. The maximum Gasteiger partial charge on any atom is 0.280 e. The molecule has 0 spiro atoms. The van der Waals surface area contributed by atoms with Gasteiger partial charge < -0.3 is 22.6 Å². The summed E-state index contributed by atoms with van der Waals surface area (Å²) in [6.07, 6.45) is -0.0750. The van der Waals surface area contributed by atoms with Gasteiger partial charge in [0.1, 0.15) is 41.3 Å². The molecule has 10 nitrogen and oxygen atoms in total. The van der Waals surface area contributed by atoms with Gasteiger partial charge in [0.25, 0.3) is 5.56 Å². The lowest BCUT2D eigenvalue weighted by Gasteiger charge is -2.21. The molecule has 2 N–H and O–H groups in total. The van der Waals surface area contributed by atoms with E-state index in [2.05, 4.69) is 20.3 Å². The Bertz CT molecular complexity index is 765. The summed E-state index contributed by atoms with van der Waals surface area (Å²) in [6.45, 7) is 0.354. The van der Waals surface area contributed by atoms with E-state index in [4.69, 9.17) is 17.3 Å². The van der Waals surface area contributed by atoms with Gasteiger partial charge in [-0.1, -0.05) is 0 Å². The van der Waals surface area contributed by atoms with Gasteiger partial charge in [-0.05, 0) is 0 Å². The van der Waals surface area contributed by atoms with Crippen molar-refractivity contribution in [3.8, 4) is 0 Å². The molecule has 132 valence electrons. The second-order valence-electron chi connectivity index (χ2n) is 5.26. The van der Waals surface area contributed by atoms with E-state index in [-0.39, 0.29) is 23.3 Å². The minimum atomic E-state index is -0.543. The zero-order chi connectivity index (χ0) is 17.3. The van der Waals surface area contributed by atoms with E-state index >= 15 is 0 Å². The first-order valence-corrected chi connectivity index (χ1v) is 8.11. The van der Waals surface area contributed by atoms with Crippen LogP contribution in [0.15, 0.2) is 11.1 Å². The molecule has 24 heavy (non-hydrogen) atoms. The van der Waals surface area contributed by atoms with Crippen molar-refractivity contribution in [2.45, 2.75) is 24.5 Å². The van der Waals surface area contributed by atoms with E-state index in [1.165, 1.54) is 6.33 Å². The Kier molecular flexibility index (Phi) is 5.34. The summed E-state index contributed by atoms with van der Waals surface area (Å²) in [4.78, 5) is 23.2. The molecule has 2 aromatic heterocycles. The molecular weight excluding hydrogens is 433 g/mol. The average molecular weight is 451 g/mol. The standard InChI is InChI=1S/C13H18IN5O5/c1-15-13-17-10-7(11(20)18-13)16-5-19(10)12-9(22-3)8(24-14)6(23-12)4-21-2/h5-6,8-9,12H,4H2,1-3H3,(H2,15,17,18,20)/t6-,8?,9?,12-/m1/s1. The third-order valence-corrected chi connectivity index (χ3v) is 4.52. The number of hydrogen-bond acceptors (Lipinski definition) is 8. The molecule has 0 saturated carbocycles. The van der Waals surface area contributed by atoms with E-state index in [0.29, 0.717) is 18.2 Å². The van der Waals surface area contributed by atoms with Crippen molar-refractivity contribution >= 4 is 40.1 Å². The molecule has 0 amide bonds. The Hall–Kier alpha value is -1.28. The Balaban J connectivity index is 2.05. The molecule has 0 bridgehead atoms. The van der Waals surface area contributed by atoms with E-state index in [9.17, 15) is 4.79 Å². The van der Waals surface area contributed by atoms with Gasteiger partial charge in [-0.25, -0.2) is 4.98 Å². The Morgan fingerprint density at radius 3 is 2.88 bits per heavy atom. The highest BCUT2D eigenvalue weighted by Gasteiger charge is 2.47. The minimum Gasteiger partial charge on any atom is -0.382 e. The van der Waals surface area contributed by atoms with Crippen LogP contribution >= 0.6 is 23.0 Å². The fourth-order valence-electron chi connectivity index (χ4n) is 2.82. The molecule has 1 saturated heterocycles. The first-order chi connectivity index (χ1) is 11.6. The molecule has 3 heterocycles. The third-order valence-electron chi connectivity index (χ3n) is 3.93. The number of imidazole rings is 1. The number of nitrogens with one attached hydrogen (secondary N) is 2. The van der Waals surface area contributed by atoms with Crippen LogP contribution in [0.3, 0.4) is 0 Å². The number of fused-ring (bicyclic) bond motifs is 1. The molecule has 0 aliphatic carbocycles. The molecule has 1 fully saturated rings. The number of halogens is 1. The summed E-state index contributed by atoms with van der Waals surface area (Å²) in [6, 6.07) is 0. The molecule has 11 heteroatoms. The van der Waals surface area contributed by atoms with Crippen molar-refractivity contribution in [1.82, 2.24) is 19.5 Å². The Morgan fingerprint density at radius 2 is 2.25 bits per heavy atom. The van der Waals surface area contributed by atoms with Crippen LogP contribution in [0.25, 0.3) is 11.2 Å². The van der Waals surface area contributed by atoms with Crippen LogP contribution in [0, 0.1) is 0 Å². The second-order valence-corrected chi connectivity index (χ2v) is 5.77. The van der Waals surface area contributed by atoms with E-state index in [1.807, 2.05) is 23.0 Å². The van der Waals surface area contributed by atoms with Gasteiger partial charge in [-0.15, -0.1) is 0 Å². The molecule has 0 radical (unpaired) electrons. The molecule has 0 aromatic carbocycles. The number of aromatic amines is 1. The van der Waals surface area contributed by atoms with Crippen molar-refractivity contribution in [3.05, 3.63) is 16.7 Å². The summed E-state index contributed by atoms with van der Waals surface area (Å²) >= 11 is 1.82. The maximum atomic E-state index is 12.1. The van der Waals surface area contributed by atoms with Crippen LogP contribution in [0.2, 0.25) is 0 Å². The van der Waals surface area contributed by atoms with Crippen molar-refractivity contribution < 1.29 is 17.3 Å². The van der Waals surface area contributed by atoms with Crippen LogP contribution in [0.5, 0.6) is 0 Å². The van der Waals surface area contributed by atoms with Crippen LogP contribution in [0.1, 0.15) is 6.23 Å². The lowest BCUT2D eigenvalue weighted by Crippen LogP contribution is -2.35. The number of nitrogens with zero attached hydrogens (tertiary/aromatic N) is 3. The van der Waals surface area contributed by atoms with Gasteiger partial charge in [0.2, 0.25) is 5.95 Å². The third kappa shape index (κ3) is 2.90. The lowest BCUT2D eigenvalue weighted by atomic mass is 10.1. The number of aromatic nitrogens is 4. The second kappa shape index (κ2) is 7.31. The van der Waals surface area contributed by atoms with E-state index < -0.39 is 12.3 Å². The lowest BCUT2D eigenvalue weighted by molar-refractivity contribution is -0.0627. The SMILES string of the molecule is CNc1nc2c(ncn2[C@@H]2O[C@H](COC)C(OI)C2OC)c(=O)[nH]1. The van der Waals surface area contributed by atoms with Gasteiger partial charge in [0.15, 0.2) is 17.4 Å². The monoisotopic (exact) mass is 451 g/mol. The molecule has 2 unspecified atom stereocenters. The van der Waals surface area contributed by atoms with Gasteiger partial charge in [0, 0.05) is 21.3 Å². The average Bonchev–Trinajstić information content (AvgIpc) is 3.15. The first-order valence-electron chi connectivity index (χ1n) is 7.23. The number of methoxy groups -OCH3 is 2. The molecular formula is C13H18IN5O5. The summed E-state index contributed by atoms with van der Waals surface area (Å²) in [5.74, 6) is 0.344. The van der Waals surface area contributed by atoms with Crippen LogP contribution in [-0.2, 0) is 17.3 Å². The molecule has 4 atom stereocenters. The van der Waals surface area contributed by atoms with Gasteiger partial charge in [-0.3, -0.25) is 14.3 Å². The predicted octanol–water partition coefficient (Wildman–Crippen LogP) is 0.455. The number of anilines is 1. The van der Waals surface area contributed by atoms with E-state index in [0.717, 1.165) is 0 Å². The quantitative estimate of drug-likeness (QED) is 0.610. The Labute approximate surface area is 151 Å². The highest BCUT2D eigenvalue weighted by atomic mass is 127. The number of rotatable bonds is 6. The van der Waals surface area contributed by atoms with Crippen LogP contribution in [-0.4, -0.2) is 65.7 Å². The van der Waals surface area contributed by atoms with Gasteiger partial charge in [-0.2, -0.15) is 4.98 Å². The molecule has 1 aliphatic heterocycles. The number of hydrogen-bond donors (Lipinski definition) is 2. The highest BCUT2D eigenvalue weighted by molar-refractivity contribution is 14.1. The van der Waals surface area contributed by atoms with Crippen molar-refractivity contribution in [2.75, 3.05) is 33.2 Å². The zero-order valence-electron chi connectivity index (χ0n) is 13.4. The molecule has 3 rings (SSSR count). The largest absolute Gasteiger partial charge is 0.382 e. The van der Waals surface area contributed by atoms with Crippen molar-refractivity contribution in [2.24, 2.45) is 0 Å². The maximum absolute atomic E-state index is 12.1. The van der Waals surface area contributed by atoms with Crippen LogP contribution in [0.4, 0.5) is 5.95 Å². The van der Waals surface area contributed by atoms with Gasteiger partial charge >= 0.3 is 0 Å². The predicted molar refractivity (Wildman–Crippen MR) is 93.2 cm³/mol. The molecule has 1 aliphatic rings.